The van der Waals surface area contributed by atoms with Crippen LogP contribution >= 0.6 is 0 Å². The topological polar surface area (TPSA) is 107 Å². The van der Waals surface area contributed by atoms with E-state index in [-0.39, 0.29) is 10.8 Å². The van der Waals surface area contributed by atoms with Gasteiger partial charge in [-0.15, -0.1) is 0 Å². The zero-order chi connectivity index (χ0) is 14.4. The van der Waals surface area contributed by atoms with Gasteiger partial charge in [-0.25, -0.2) is 23.1 Å². The number of rotatable bonds is 6. The normalized spacial score (nSPS) is 11.1. The van der Waals surface area contributed by atoms with Gasteiger partial charge in [-0.2, -0.15) is 0 Å². The van der Waals surface area contributed by atoms with E-state index in [9.17, 15) is 8.42 Å². The molecular weight excluding hydrogens is 280 g/mol. The number of nitrogens with two attached hydrogens (primary N) is 1. The monoisotopic (exact) mass is 294 g/mol. The van der Waals surface area contributed by atoms with Gasteiger partial charge < -0.3 is 10.5 Å². The Morgan fingerprint density at radius 3 is 2.40 bits per heavy atom. The minimum atomic E-state index is -3.71. The van der Waals surface area contributed by atoms with Crippen molar-refractivity contribution in [2.24, 2.45) is 5.73 Å². The summed E-state index contributed by atoms with van der Waals surface area (Å²) in [7, 11) is -3.71. The standard InChI is InChI=1S/C12H14N4O3S/c13-6-9-19-10-2-4-11(5-3-10)20(17,18)16-12-14-7-1-8-15-12/h1-5,7-8H,6,9,13H2,(H,14,15,16). The second kappa shape index (κ2) is 6.31. The lowest BCUT2D eigenvalue weighted by molar-refractivity contribution is 0.328. The van der Waals surface area contributed by atoms with Crippen molar-refractivity contribution in [3.8, 4) is 5.75 Å². The predicted octanol–water partition coefficient (Wildman–Crippen LogP) is 0.615. The Morgan fingerprint density at radius 2 is 1.80 bits per heavy atom. The third-order valence-electron chi connectivity index (χ3n) is 2.31. The summed E-state index contributed by atoms with van der Waals surface area (Å²) in [5.41, 5.74) is 5.32. The van der Waals surface area contributed by atoms with Gasteiger partial charge >= 0.3 is 0 Å². The first-order valence-electron chi connectivity index (χ1n) is 5.84. The van der Waals surface area contributed by atoms with E-state index in [0.717, 1.165) is 0 Å². The molecule has 1 heterocycles. The fraction of sp³-hybridized carbons (Fsp3) is 0.167. The van der Waals surface area contributed by atoms with Crippen LogP contribution in [-0.2, 0) is 10.0 Å². The Labute approximate surface area is 116 Å². The lowest BCUT2D eigenvalue weighted by atomic mass is 10.3. The van der Waals surface area contributed by atoms with Crippen molar-refractivity contribution in [1.82, 2.24) is 9.97 Å². The molecule has 0 radical (unpaired) electrons. The molecule has 0 aliphatic carbocycles. The van der Waals surface area contributed by atoms with Crippen LogP contribution in [0.4, 0.5) is 5.95 Å². The summed E-state index contributed by atoms with van der Waals surface area (Å²) in [6.45, 7) is 0.773. The Kier molecular flexibility index (Phi) is 4.49. The summed E-state index contributed by atoms with van der Waals surface area (Å²) < 4.78 is 31.7. The van der Waals surface area contributed by atoms with Crippen LogP contribution in [0.15, 0.2) is 47.6 Å². The van der Waals surface area contributed by atoms with Crippen LogP contribution in [-0.4, -0.2) is 31.5 Å². The summed E-state index contributed by atoms with van der Waals surface area (Å²) in [5.74, 6) is 0.585. The number of anilines is 1. The minimum Gasteiger partial charge on any atom is -0.492 e. The molecule has 7 nitrogen and oxygen atoms in total. The number of sulfonamides is 1. The van der Waals surface area contributed by atoms with E-state index in [0.29, 0.717) is 18.9 Å². The third kappa shape index (κ3) is 3.65. The van der Waals surface area contributed by atoms with Gasteiger partial charge in [0.1, 0.15) is 12.4 Å². The molecule has 3 N–H and O–H groups in total. The highest BCUT2D eigenvalue weighted by Gasteiger charge is 2.15. The molecule has 0 saturated heterocycles. The summed E-state index contributed by atoms with van der Waals surface area (Å²) in [4.78, 5) is 7.72. The Morgan fingerprint density at radius 1 is 1.15 bits per heavy atom. The summed E-state index contributed by atoms with van der Waals surface area (Å²) >= 11 is 0. The number of nitrogens with one attached hydrogen (secondary N) is 1. The van der Waals surface area contributed by atoms with Gasteiger partial charge in [0.15, 0.2) is 0 Å². The first-order chi connectivity index (χ1) is 9.62. The lowest BCUT2D eigenvalue weighted by Crippen LogP contribution is -2.15. The zero-order valence-corrected chi connectivity index (χ0v) is 11.4. The van der Waals surface area contributed by atoms with E-state index in [1.54, 1.807) is 18.2 Å². The van der Waals surface area contributed by atoms with Crippen molar-refractivity contribution in [1.29, 1.82) is 0 Å². The molecule has 0 spiro atoms. The van der Waals surface area contributed by atoms with Crippen molar-refractivity contribution >= 4 is 16.0 Å². The SMILES string of the molecule is NCCOc1ccc(S(=O)(=O)Nc2ncccn2)cc1. The molecule has 0 aliphatic heterocycles. The van der Waals surface area contributed by atoms with E-state index in [1.165, 1.54) is 24.5 Å². The van der Waals surface area contributed by atoms with Gasteiger partial charge in [-0.3, -0.25) is 0 Å². The highest BCUT2D eigenvalue weighted by Crippen LogP contribution is 2.17. The molecule has 0 bridgehead atoms. The van der Waals surface area contributed by atoms with Crippen LogP contribution in [0.5, 0.6) is 5.75 Å². The minimum absolute atomic E-state index is 0.0240. The third-order valence-corrected chi connectivity index (χ3v) is 3.66. The molecule has 0 unspecified atom stereocenters. The smallest absolute Gasteiger partial charge is 0.264 e. The van der Waals surface area contributed by atoms with Crippen LogP contribution in [0.25, 0.3) is 0 Å². The molecule has 0 saturated carbocycles. The maximum absolute atomic E-state index is 12.1. The molecule has 106 valence electrons. The van der Waals surface area contributed by atoms with E-state index < -0.39 is 10.0 Å². The Bertz CT molecular complexity index is 644. The fourth-order valence-corrected chi connectivity index (χ4v) is 2.38. The zero-order valence-electron chi connectivity index (χ0n) is 10.6. The van der Waals surface area contributed by atoms with Crippen molar-refractivity contribution < 1.29 is 13.2 Å². The largest absolute Gasteiger partial charge is 0.492 e. The average molecular weight is 294 g/mol. The molecule has 20 heavy (non-hydrogen) atoms. The Hall–Kier alpha value is -2.19. The second-order valence-electron chi connectivity index (χ2n) is 3.79. The molecule has 1 aromatic heterocycles. The quantitative estimate of drug-likeness (QED) is 0.808. The van der Waals surface area contributed by atoms with E-state index in [2.05, 4.69) is 14.7 Å². The van der Waals surface area contributed by atoms with Gasteiger partial charge in [0, 0.05) is 18.9 Å². The molecule has 2 aromatic rings. The molecular formula is C12H14N4O3S. The summed E-state index contributed by atoms with van der Waals surface area (Å²) in [6, 6.07) is 7.61. The van der Waals surface area contributed by atoms with Gasteiger partial charge in [0.2, 0.25) is 5.95 Å². The number of hydrogen-bond donors (Lipinski definition) is 2. The first kappa shape index (κ1) is 14.2. The van der Waals surface area contributed by atoms with E-state index >= 15 is 0 Å². The van der Waals surface area contributed by atoms with E-state index in [4.69, 9.17) is 10.5 Å². The number of nitrogens with zero attached hydrogens (tertiary/aromatic N) is 2. The number of benzene rings is 1. The molecule has 0 fully saturated rings. The second-order valence-corrected chi connectivity index (χ2v) is 5.47. The molecule has 0 aliphatic rings. The molecule has 1 aromatic carbocycles. The van der Waals surface area contributed by atoms with Crippen LogP contribution in [0.2, 0.25) is 0 Å². The van der Waals surface area contributed by atoms with Crippen molar-refractivity contribution in [2.75, 3.05) is 17.9 Å². The van der Waals surface area contributed by atoms with Gasteiger partial charge in [0.05, 0.1) is 4.90 Å². The molecule has 0 atom stereocenters. The summed E-state index contributed by atoms with van der Waals surface area (Å²) in [6.07, 6.45) is 2.91. The molecule has 2 rings (SSSR count). The highest BCUT2D eigenvalue weighted by molar-refractivity contribution is 7.92. The molecule has 8 heteroatoms. The fourth-order valence-electron chi connectivity index (χ4n) is 1.42. The maximum atomic E-state index is 12.1. The summed E-state index contributed by atoms with van der Waals surface area (Å²) in [5, 5.41) is 0. The maximum Gasteiger partial charge on any atom is 0.264 e. The van der Waals surface area contributed by atoms with Crippen LogP contribution < -0.4 is 15.2 Å². The van der Waals surface area contributed by atoms with Gasteiger partial charge in [0.25, 0.3) is 10.0 Å². The van der Waals surface area contributed by atoms with Crippen LogP contribution in [0.3, 0.4) is 0 Å². The van der Waals surface area contributed by atoms with Gasteiger partial charge in [-0.05, 0) is 30.3 Å². The van der Waals surface area contributed by atoms with Crippen LogP contribution in [0, 0.1) is 0 Å². The van der Waals surface area contributed by atoms with E-state index in [1.807, 2.05) is 0 Å². The number of aromatic nitrogens is 2. The number of ether oxygens (including phenoxy) is 1. The van der Waals surface area contributed by atoms with Gasteiger partial charge in [-0.1, -0.05) is 0 Å². The van der Waals surface area contributed by atoms with Crippen LogP contribution in [0.1, 0.15) is 0 Å². The van der Waals surface area contributed by atoms with Crippen molar-refractivity contribution in [3.63, 3.8) is 0 Å². The first-order valence-corrected chi connectivity index (χ1v) is 7.33. The number of hydrogen-bond acceptors (Lipinski definition) is 6. The average Bonchev–Trinajstić information content (AvgIpc) is 2.46. The predicted molar refractivity (Wildman–Crippen MR) is 73.8 cm³/mol. The molecule has 0 amide bonds. The van der Waals surface area contributed by atoms with Crippen molar-refractivity contribution in [3.05, 3.63) is 42.7 Å². The highest BCUT2D eigenvalue weighted by atomic mass is 32.2. The Balaban J connectivity index is 2.13. The van der Waals surface area contributed by atoms with Crippen molar-refractivity contribution in [2.45, 2.75) is 4.90 Å². The lowest BCUT2D eigenvalue weighted by Gasteiger charge is -2.08.